The van der Waals surface area contributed by atoms with Crippen molar-refractivity contribution < 1.29 is 9.47 Å². The van der Waals surface area contributed by atoms with E-state index in [1.807, 2.05) is 7.05 Å². The van der Waals surface area contributed by atoms with Crippen LogP contribution in [0.15, 0.2) is 6.33 Å². The van der Waals surface area contributed by atoms with Crippen LogP contribution in [-0.4, -0.2) is 42.4 Å². The van der Waals surface area contributed by atoms with E-state index < -0.39 is 0 Å². The van der Waals surface area contributed by atoms with Crippen molar-refractivity contribution in [2.75, 3.05) is 24.8 Å². The standard InChI is InChI=1S/C12H18N4O2/c1-13-11-10(17-2)12(15-6-14-11)16-8-5-7-3-4-9(8)18-7/h6-9H,3-5H2,1-2H3,(H2,13,14,15,16). The predicted molar refractivity (Wildman–Crippen MR) is 68.1 cm³/mol. The lowest BCUT2D eigenvalue weighted by Gasteiger charge is -2.22. The second-order valence-electron chi connectivity index (χ2n) is 4.71. The highest BCUT2D eigenvalue weighted by molar-refractivity contribution is 5.63. The zero-order valence-electron chi connectivity index (χ0n) is 10.6. The van der Waals surface area contributed by atoms with Gasteiger partial charge in [-0.25, -0.2) is 9.97 Å². The maximum atomic E-state index is 5.82. The first-order chi connectivity index (χ1) is 8.81. The van der Waals surface area contributed by atoms with Crippen LogP contribution in [0.2, 0.25) is 0 Å². The maximum Gasteiger partial charge on any atom is 0.204 e. The van der Waals surface area contributed by atoms with E-state index >= 15 is 0 Å². The fourth-order valence-corrected chi connectivity index (χ4v) is 2.81. The number of nitrogens with zero attached hydrogens (tertiary/aromatic N) is 2. The molecule has 2 aliphatic heterocycles. The summed E-state index contributed by atoms with van der Waals surface area (Å²) in [6.45, 7) is 0. The predicted octanol–water partition coefficient (Wildman–Crippen LogP) is 1.26. The highest BCUT2D eigenvalue weighted by atomic mass is 16.5. The number of nitrogens with one attached hydrogen (secondary N) is 2. The van der Waals surface area contributed by atoms with Crippen molar-refractivity contribution in [2.45, 2.75) is 37.5 Å². The summed E-state index contributed by atoms with van der Waals surface area (Å²) in [5.41, 5.74) is 0. The average molecular weight is 250 g/mol. The lowest BCUT2D eigenvalue weighted by atomic mass is 9.95. The first-order valence-electron chi connectivity index (χ1n) is 6.30. The Balaban J connectivity index is 1.80. The van der Waals surface area contributed by atoms with Crippen LogP contribution in [0.1, 0.15) is 19.3 Å². The van der Waals surface area contributed by atoms with Gasteiger partial charge in [0.05, 0.1) is 25.4 Å². The molecule has 2 saturated heterocycles. The molecular weight excluding hydrogens is 232 g/mol. The molecule has 3 rings (SSSR count). The molecule has 0 radical (unpaired) electrons. The Kier molecular flexibility index (Phi) is 2.95. The molecule has 3 unspecified atom stereocenters. The van der Waals surface area contributed by atoms with Crippen LogP contribution in [0.3, 0.4) is 0 Å². The van der Waals surface area contributed by atoms with Gasteiger partial charge in [0.2, 0.25) is 5.75 Å². The number of fused-ring (bicyclic) bond motifs is 2. The van der Waals surface area contributed by atoms with Crippen molar-refractivity contribution in [1.29, 1.82) is 0 Å². The third-order valence-electron chi connectivity index (χ3n) is 3.67. The average Bonchev–Trinajstić information content (AvgIpc) is 3.00. The maximum absolute atomic E-state index is 5.82. The van der Waals surface area contributed by atoms with Crippen molar-refractivity contribution in [2.24, 2.45) is 0 Å². The third kappa shape index (κ3) is 1.86. The Morgan fingerprint density at radius 2 is 2.17 bits per heavy atom. The van der Waals surface area contributed by atoms with Gasteiger partial charge in [0, 0.05) is 7.05 Å². The van der Waals surface area contributed by atoms with Crippen molar-refractivity contribution in [3.8, 4) is 5.75 Å². The molecule has 0 saturated carbocycles. The van der Waals surface area contributed by atoms with E-state index in [0.717, 1.165) is 18.7 Å². The van der Waals surface area contributed by atoms with Crippen molar-refractivity contribution >= 4 is 11.6 Å². The molecule has 1 aromatic rings. The number of hydrogen-bond donors (Lipinski definition) is 2. The second-order valence-corrected chi connectivity index (χ2v) is 4.71. The molecular formula is C12H18N4O2. The summed E-state index contributed by atoms with van der Waals surface area (Å²) >= 11 is 0. The molecule has 18 heavy (non-hydrogen) atoms. The van der Waals surface area contributed by atoms with Gasteiger partial charge >= 0.3 is 0 Å². The van der Waals surface area contributed by atoms with Crippen molar-refractivity contribution in [1.82, 2.24) is 9.97 Å². The van der Waals surface area contributed by atoms with E-state index in [1.165, 1.54) is 12.7 Å². The monoisotopic (exact) mass is 250 g/mol. The molecule has 2 fully saturated rings. The van der Waals surface area contributed by atoms with Gasteiger partial charge in [0.15, 0.2) is 11.6 Å². The van der Waals surface area contributed by atoms with Gasteiger partial charge in [-0.1, -0.05) is 0 Å². The number of aromatic nitrogens is 2. The Morgan fingerprint density at radius 1 is 1.33 bits per heavy atom. The summed E-state index contributed by atoms with van der Waals surface area (Å²) in [4.78, 5) is 8.40. The SMILES string of the molecule is CNc1ncnc(NC2CC3CCC2O3)c1OC. The Labute approximate surface area is 106 Å². The minimum absolute atomic E-state index is 0.313. The summed E-state index contributed by atoms with van der Waals surface area (Å²) in [6.07, 6.45) is 5.63. The number of anilines is 2. The smallest absolute Gasteiger partial charge is 0.204 e. The number of rotatable bonds is 4. The largest absolute Gasteiger partial charge is 0.490 e. The lowest BCUT2D eigenvalue weighted by Crippen LogP contribution is -2.31. The van der Waals surface area contributed by atoms with Gasteiger partial charge in [-0.2, -0.15) is 0 Å². The highest BCUT2D eigenvalue weighted by Crippen LogP contribution is 2.37. The second kappa shape index (κ2) is 4.61. The number of ether oxygens (including phenoxy) is 2. The summed E-state index contributed by atoms with van der Waals surface area (Å²) in [7, 11) is 3.44. The molecule has 6 heteroatoms. The Morgan fingerprint density at radius 3 is 2.78 bits per heavy atom. The van der Waals surface area contributed by atoms with Gasteiger partial charge in [-0.15, -0.1) is 0 Å². The van der Waals surface area contributed by atoms with Gasteiger partial charge in [0.1, 0.15) is 6.33 Å². The van der Waals surface area contributed by atoms with E-state index in [-0.39, 0.29) is 0 Å². The van der Waals surface area contributed by atoms with Crippen LogP contribution in [-0.2, 0) is 4.74 Å². The van der Waals surface area contributed by atoms with E-state index in [0.29, 0.717) is 29.8 Å². The fraction of sp³-hybridized carbons (Fsp3) is 0.667. The molecule has 0 aromatic carbocycles. The minimum Gasteiger partial charge on any atom is -0.490 e. The molecule has 2 N–H and O–H groups in total. The number of methoxy groups -OCH3 is 1. The Bertz CT molecular complexity index is 440. The van der Waals surface area contributed by atoms with Gasteiger partial charge in [0.25, 0.3) is 0 Å². The molecule has 0 amide bonds. The molecule has 98 valence electrons. The van der Waals surface area contributed by atoms with Crippen LogP contribution in [0.4, 0.5) is 11.6 Å². The zero-order valence-corrected chi connectivity index (χ0v) is 10.6. The molecule has 3 atom stereocenters. The molecule has 6 nitrogen and oxygen atoms in total. The summed E-state index contributed by atoms with van der Waals surface area (Å²) in [5.74, 6) is 2.08. The van der Waals surface area contributed by atoms with Gasteiger partial charge in [-0.05, 0) is 19.3 Å². The van der Waals surface area contributed by atoms with E-state index in [9.17, 15) is 0 Å². The van der Waals surface area contributed by atoms with E-state index in [1.54, 1.807) is 7.11 Å². The molecule has 0 spiro atoms. The first-order valence-corrected chi connectivity index (χ1v) is 6.30. The number of hydrogen-bond acceptors (Lipinski definition) is 6. The van der Waals surface area contributed by atoms with E-state index in [2.05, 4.69) is 20.6 Å². The van der Waals surface area contributed by atoms with Crippen LogP contribution >= 0.6 is 0 Å². The third-order valence-corrected chi connectivity index (χ3v) is 3.67. The van der Waals surface area contributed by atoms with Gasteiger partial charge in [-0.3, -0.25) is 0 Å². The Hall–Kier alpha value is -1.56. The molecule has 2 bridgehead atoms. The molecule has 0 aliphatic carbocycles. The summed E-state index contributed by atoms with van der Waals surface area (Å²) in [6, 6.07) is 0.331. The normalized spacial score (nSPS) is 29.3. The first kappa shape index (κ1) is 11.5. The minimum atomic E-state index is 0.313. The molecule has 3 heterocycles. The quantitative estimate of drug-likeness (QED) is 0.838. The van der Waals surface area contributed by atoms with Crippen LogP contribution in [0, 0.1) is 0 Å². The molecule has 2 aliphatic rings. The van der Waals surface area contributed by atoms with Crippen LogP contribution in [0.25, 0.3) is 0 Å². The van der Waals surface area contributed by atoms with Gasteiger partial charge < -0.3 is 20.1 Å². The fourth-order valence-electron chi connectivity index (χ4n) is 2.81. The van der Waals surface area contributed by atoms with Crippen molar-refractivity contribution in [3.05, 3.63) is 6.33 Å². The van der Waals surface area contributed by atoms with E-state index in [4.69, 9.17) is 9.47 Å². The summed E-state index contributed by atoms with van der Waals surface area (Å²) < 4.78 is 11.2. The highest BCUT2D eigenvalue weighted by Gasteiger charge is 2.41. The summed E-state index contributed by atoms with van der Waals surface area (Å²) in [5, 5.41) is 6.42. The van der Waals surface area contributed by atoms with Crippen LogP contribution < -0.4 is 15.4 Å². The van der Waals surface area contributed by atoms with Crippen molar-refractivity contribution in [3.63, 3.8) is 0 Å². The topological polar surface area (TPSA) is 68.3 Å². The molecule has 1 aromatic heterocycles. The lowest BCUT2D eigenvalue weighted by molar-refractivity contribution is 0.102. The zero-order chi connectivity index (χ0) is 12.5. The van der Waals surface area contributed by atoms with Crippen LogP contribution in [0.5, 0.6) is 5.75 Å².